The molecule has 0 amide bonds. The van der Waals surface area contributed by atoms with Crippen LogP contribution in [0.1, 0.15) is 10.4 Å². The molecular weight excluding hydrogens is 412 g/mol. The van der Waals surface area contributed by atoms with Gasteiger partial charge >= 0.3 is 7.48 Å². The molecule has 1 atom stereocenters. The van der Waals surface area contributed by atoms with Gasteiger partial charge in [0, 0.05) is 38.3 Å². The number of nitrogens with zero attached hydrogens (tertiary/aromatic N) is 3. The van der Waals surface area contributed by atoms with Gasteiger partial charge in [0.1, 0.15) is 17.2 Å². The molecule has 9 heteroatoms. The molecule has 0 saturated heterocycles. The average molecular weight is 434 g/mol. The van der Waals surface area contributed by atoms with Gasteiger partial charge in [0.25, 0.3) is 0 Å². The molecule has 0 fully saturated rings. The summed E-state index contributed by atoms with van der Waals surface area (Å²) in [6.07, 6.45) is 0. The Morgan fingerprint density at radius 1 is 1.00 bits per heavy atom. The summed E-state index contributed by atoms with van der Waals surface area (Å²) in [5.41, 5.74) is 2.23. The Hall–Kier alpha value is -3.22. The summed E-state index contributed by atoms with van der Waals surface area (Å²) in [5.74, 6) is 0.776. The Bertz CT molecular complexity index is 1100. The SMILES string of the molecule is CO[B]C(=O)c1ccc(Oc2ccc(N=Nc3ccc(N(C)C)cc3)cc2P)cc1O. The lowest BCUT2D eigenvalue weighted by Crippen LogP contribution is -2.11. The second-order valence-electron chi connectivity index (χ2n) is 6.83. The van der Waals surface area contributed by atoms with E-state index in [1.54, 1.807) is 18.2 Å². The lowest BCUT2D eigenvalue weighted by Gasteiger charge is -2.11. The van der Waals surface area contributed by atoms with Crippen LogP contribution in [0, 0.1) is 0 Å². The van der Waals surface area contributed by atoms with Crippen molar-refractivity contribution in [1.29, 1.82) is 0 Å². The molecule has 3 rings (SSSR count). The van der Waals surface area contributed by atoms with Crippen molar-refractivity contribution in [1.82, 2.24) is 0 Å². The van der Waals surface area contributed by atoms with E-state index in [2.05, 4.69) is 19.5 Å². The standard InChI is InChI=1S/C22H22BN3O4P/c1-26(2)16-7-4-14(5-8-16)24-25-15-6-11-20(21(31)12-15)30-17-9-10-18(19(27)13-17)22(28)23-29-3/h4-13,27H,31H2,1-3H3. The Morgan fingerprint density at radius 3 is 2.29 bits per heavy atom. The van der Waals surface area contributed by atoms with E-state index in [1.807, 2.05) is 49.3 Å². The Labute approximate surface area is 184 Å². The monoisotopic (exact) mass is 434 g/mol. The van der Waals surface area contributed by atoms with Gasteiger partial charge in [-0.25, -0.2) is 0 Å². The quantitative estimate of drug-likeness (QED) is 0.319. The Kier molecular flexibility index (Phi) is 7.39. The molecule has 31 heavy (non-hydrogen) atoms. The van der Waals surface area contributed by atoms with Crippen molar-refractivity contribution < 1.29 is 19.3 Å². The number of carbonyl (C=O) groups excluding carboxylic acids is 1. The first-order valence-electron chi connectivity index (χ1n) is 9.37. The molecule has 0 saturated carbocycles. The number of phenols is 1. The first-order valence-corrected chi connectivity index (χ1v) is 9.95. The summed E-state index contributed by atoms with van der Waals surface area (Å²) < 4.78 is 10.5. The predicted molar refractivity (Wildman–Crippen MR) is 126 cm³/mol. The van der Waals surface area contributed by atoms with Crippen molar-refractivity contribution in [3.05, 3.63) is 66.2 Å². The summed E-state index contributed by atoms with van der Waals surface area (Å²) in [4.78, 5) is 13.8. The third kappa shape index (κ3) is 5.91. The van der Waals surface area contributed by atoms with Crippen molar-refractivity contribution in [2.24, 2.45) is 10.2 Å². The van der Waals surface area contributed by atoms with Crippen molar-refractivity contribution >= 4 is 44.8 Å². The largest absolute Gasteiger partial charge is 0.507 e. The number of hydrogen-bond donors (Lipinski definition) is 1. The van der Waals surface area contributed by atoms with Crippen molar-refractivity contribution in [2.75, 3.05) is 26.1 Å². The third-order valence-corrected chi connectivity index (χ3v) is 4.78. The van der Waals surface area contributed by atoms with Gasteiger partial charge in [-0.1, -0.05) is 0 Å². The lowest BCUT2D eigenvalue weighted by molar-refractivity contribution is 0.105. The van der Waals surface area contributed by atoms with E-state index in [-0.39, 0.29) is 11.3 Å². The number of carbonyl (C=O) groups is 1. The van der Waals surface area contributed by atoms with E-state index in [9.17, 15) is 9.90 Å². The van der Waals surface area contributed by atoms with E-state index >= 15 is 0 Å². The summed E-state index contributed by atoms with van der Waals surface area (Å²) in [5, 5.41) is 19.4. The highest BCUT2D eigenvalue weighted by molar-refractivity contribution is 7.27. The molecule has 1 unspecified atom stereocenters. The van der Waals surface area contributed by atoms with Crippen molar-refractivity contribution in [2.45, 2.75) is 0 Å². The van der Waals surface area contributed by atoms with Crippen LogP contribution in [0.5, 0.6) is 17.2 Å². The minimum atomic E-state index is -0.427. The molecule has 3 aromatic rings. The highest BCUT2D eigenvalue weighted by Crippen LogP contribution is 2.29. The van der Waals surface area contributed by atoms with Crippen LogP contribution in [0.15, 0.2) is 70.9 Å². The molecule has 1 N–H and O–H groups in total. The number of anilines is 1. The summed E-state index contributed by atoms with van der Waals surface area (Å²) >= 11 is 0. The smallest absolute Gasteiger partial charge is 0.383 e. The van der Waals surface area contributed by atoms with Crippen molar-refractivity contribution in [3.8, 4) is 17.2 Å². The average Bonchev–Trinajstić information content (AvgIpc) is 2.74. The van der Waals surface area contributed by atoms with Crippen LogP contribution in [0.4, 0.5) is 17.1 Å². The molecule has 7 nitrogen and oxygen atoms in total. The fourth-order valence-electron chi connectivity index (χ4n) is 2.70. The third-order valence-electron chi connectivity index (χ3n) is 4.33. The van der Waals surface area contributed by atoms with Crippen LogP contribution in [-0.2, 0) is 4.65 Å². The Balaban J connectivity index is 1.71. The first-order chi connectivity index (χ1) is 14.9. The van der Waals surface area contributed by atoms with Gasteiger partial charge in [-0.15, -0.1) is 9.24 Å². The molecule has 157 valence electrons. The first kappa shape index (κ1) is 22.5. The number of rotatable bonds is 8. The topological polar surface area (TPSA) is 83.7 Å². The van der Waals surface area contributed by atoms with E-state index in [1.165, 1.54) is 19.2 Å². The zero-order valence-electron chi connectivity index (χ0n) is 17.4. The minimum Gasteiger partial charge on any atom is -0.507 e. The maximum absolute atomic E-state index is 11.8. The van der Waals surface area contributed by atoms with Crippen LogP contribution < -0.4 is 14.9 Å². The predicted octanol–water partition coefficient (Wildman–Crippen LogP) is 4.57. The number of hydrogen-bond acceptors (Lipinski definition) is 7. The maximum Gasteiger partial charge on any atom is 0.383 e. The maximum atomic E-state index is 11.8. The van der Waals surface area contributed by atoms with E-state index in [0.717, 1.165) is 24.2 Å². The van der Waals surface area contributed by atoms with Crippen molar-refractivity contribution in [3.63, 3.8) is 0 Å². The van der Waals surface area contributed by atoms with Gasteiger partial charge in [-0.2, -0.15) is 10.2 Å². The summed E-state index contributed by atoms with van der Waals surface area (Å²) in [6, 6.07) is 17.6. The summed E-state index contributed by atoms with van der Waals surface area (Å²) in [7, 11) is 8.96. The molecule has 3 aromatic carbocycles. The number of ether oxygens (including phenoxy) is 1. The van der Waals surface area contributed by atoms with Crippen LogP contribution in [-0.4, -0.2) is 39.5 Å². The Morgan fingerprint density at radius 2 is 1.68 bits per heavy atom. The molecular formula is C22H22BN3O4P. The highest BCUT2D eigenvalue weighted by Gasteiger charge is 2.14. The van der Waals surface area contributed by atoms with Crippen LogP contribution in [0.2, 0.25) is 0 Å². The zero-order valence-corrected chi connectivity index (χ0v) is 18.6. The zero-order chi connectivity index (χ0) is 22.4. The van der Waals surface area contributed by atoms with E-state index in [4.69, 9.17) is 9.39 Å². The van der Waals surface area contributed by atoms with Gasteiger partial charge in [-0.3, -0.25) is 0 Å². The molecule has 0 heterocycles. The molecule has 0 spiro atoms. The molecule has 0 bridgehead atoms. The number of aromatic hydroxyl groups is 1. The number of azo groups is 1. The van der Waals surface area contributed by atoms with E-state index < -0.39 is 5.68 Å². The van der Waals surface area contributed by atoms with E-state index in [0.29, 0.717) is 17.2 Å². The van der Waals surface area contributed by atoms with Gasteiger partial charge < -0.3 is 24.2 Å². The highest BCUT2D eigenvalue weighted by atomic mass is 31.0. The second-order valence-corrected chi connectivity index (χ2v) is 7.45. The van der Waals surface area contributed by atoms with Gasteiger partial charge in [-0.05, 0) is 54.6 Å². The number of phenolic OH excluding ortho intramolecular Hbond substituents is 1. The lowest BCUT2D eigenvalue weighted by atomic mass is 9.87. The van der Waals surface area contributed by atoms with Crippen LogP contribution in [0.25, 0.3) is 0 Å². The van der Waals surface area contributed by atoms with Crippen LogP contribution >= 0.6 is 9.24 Å². The molecule has 0 aromatic heterocycles. The molecule has 0 aliphatic heterocycles. The minimum absolute atomic E-state index is 0.134. The van der Waals surface area contributed by atoms with Gasteiger partial charge in [0.2, 0.25) is 0 Å². The molecule has 0 aliphatic rings. The second kappa shape index (κ2) is 10.2. The number of benzene rings is 3. The normalized spacial score (nSPS) is 10.8. The fraction of sp³-hybridized carbons (Fsp3) is 0.136. The van der Waals surface area contributed by atoms with Gasteiger partial charge in [0.15, 0.2) is 5.68 Å². The molecule has 1 radical (unpaired) electrons. The molecule has 0 aliphatic carbocycles. The van der Waals surface area contributed by atoms with Gasteiger partial charge in [0.05, 0.1) is 16.9 Å². The van der Waals surface area contributed by atoms with Crippen LogP contribution in [0.3, 0.4) is 0 Å². The summed E-state index contributed by atoms with van der Waals surface area (Å²) in [6.45, 7) is 0. The fourth-order valence-corrected chi connectivity index (χ4v) is 3.03.